The Balaban J connectivity index is 1.55. The van der Waals surface area contributed by atoms with Gasteiger partial charge in [0.25, 0.3) is 0 Å². The summed E-state index contributed by atoms with van der Waals surface area (Å²) in [7, 11) is 0. The third kappa shape index (κ3) is 2.71. The van der Waals surface area contributed by atoms with Crippen LogP contribution in [0.2, 0.25) is 0 Å². The van der Waals surface area contributed by atoms with Crippen LogP contribution in [0.4, 0.5) is 0 Å². The van der Waals surface area contributed by atoms with Gasteiger partial charge in [-0.25, -0.2) is 0 Å². The van der Waals surface area contributed by atoms with Crippen molar-refractivity contribution in [2.75, 3.05) is 6.54 Å². The first-order chi connectivity index (χ1) is 8.42. The van der Waals surface area contributed by atoms with E-state index in [9.17, 15) is 0 Å². The SMILES string of the molecule is c1cc2c(cc1CNCC1CCC1)CCCC2. The van der Waals surface area contributed by atoms with Crippen molar-refractivity contribution in [2.45, 2.75) is 51.5 Å². The molecule has 1 heteroatoms. The molecule has 1 aromatic carbocycles. The average Bonchev–Trinajstić information content (AvgIpc) is 2.32. The van der Waals surface area contributed by atoms with Gasteiger partial charge < -0.3 is 5.32 Å². The summed E-state index contributed by atoms with van der Waals surface area (Å²) in [5.41, 5.74) is 4.68. The van der Waals surface area contributed by atoms with E-state index in [1.807, 2.05) is 0 Å². The first-order valence-electron chi connectivity index (χ1n) is 7.23. The molecular weight excluding hydrogens is 206 g/mol. The minimum absolute atomic E-state index is 0.965. The van der Waals surface area contributed by atoms with E-state index in [1.165, 1.54) is 57.1 Å². The second-order valence-corrected chi connectivity index (χ2v) is 5.74. The summed E-state index contributed by atoms with van der Waals surface area (Å²) < 4.78 is 0. The molecule has 0 aliphatic heterocycles. The monoisotopic (exact) mass is 229 g/mol. The number of rotatable bonds is 4. The molecule has 1 saturated carbocycles. The van der Waals surface area contributed by atoms with Crippen LogP contribution < -0.4 is 5.32 Å². The molecule has 1 fully saturated rings. The summed E-state index contributed by atoms with van der Waals surface area (Å²) in [6.45, 7) is 2.28. The molecule has 1 nitrogen and oxygen atoms in total. The highest BCUT2D eigenvalue weighted by molar-refractivity contribution is 5.33. The van der Waals surface area contributed by atoms with Crippen LogP contribution in [0.1, 0.15) is 48.8 Å². The average molecular weight is 229 g/mol. The number of hydrogen-bond donors (Lipinski definition) is 1. The van der Waals surface area contributed by atoms with Crippen molar-refractivity contribution in [1.82, 2.24) is 5.32 Å². The van der Waals surface area contributed by atoms with E-state index in [0.29, 0.717) is 0 Å². The molecule has 2 aliphatic rings. The van der Waals surface area contributed by atoms with Crippen molar-refractivity contribution in [3.05, 3.63) is 34.9 Å². The zero-order valence-corrected chi connectivity index (χ0v) is 10.7. The van der Waals surface area contributed by atoms with Crippen LogP contribution in [0.25, 0.3) is 0 Å². The Bertz CT molecular complexity index is 379. The summed E-state index contributed by atoms with van der Waals surface area (Å²) in [4.78, 5) is 0. The van der Waals surface area contributed by atoms with Crippen molar-refractivity contribution in [3.8, 4) is 0 Å². The predicted octanol–water partition coefficient (Wildman–Crippen LogP) is 3.46. The topological polar surface area (TPSA) is 12.0 Å². The van der Waals surface area contributed by atoms with E-state index in [0.717, 1.165) is 12.5 Å². The van der Waals surface area contributed by atoms with Crippen LogP contribution in [0.5, 0.6) is 0 Å². The summed E-state index contributed by atoms with van der Waals surface area (Å²) in [5.74, 6) is 0.965. The fourth-order valence-corrected chi connectivity index (χ4v) is 3.01. The van der Waals surface area contributed by atoms with Crippen LogP contribution in [0.15, 0.2) is 18.2 Å². The quantitative estimate of drug-likeness (QED) is 0.834. The molecule has 0 atom stereocenters. The number of fused-ring (bicyclic) bond motifs is 1. The number of hydrogen-bond acceptors (Lipinski definition) is 1. The van der Waals surface area contributed by atoms with Crippen LogP contribution >= 0.6 is 0 Å². The molecule has 0 aromatic heterocycles. The molecule has 0 amide bonds. The Morgan fingerprint density at radius 3 is 2.59 bits per heavy atom. The summed E-state index contributed by atoms with van der Waals surface area (Å²) in [5, 5.41) is 3.61. The first kappa shape index (κ1) is 11.3. The Labute approximate surface area is 105 Å². The number of aryl methyl sites for hydroxylation is 2. The normalized spacial score (nSPS) is 19.8. The molecule has 92 valence electrons. The maximum Gasteiger partial charge on any atom is 0.0205 e. The number of benzene rings is 1. The van der Waals surface area contributed by atoms with Gasteiger partial charge in [0.2, 0.25) is 0 Å². The molecule has 0 unspecified atom stereocenters. The fourth-order valence-electron chi connectivity index (χ4n) is 3.01. The standard InChI is InChI=1S/C16H23N/c1-2-7-16-10-14(8-9-15(16)6-1)12-17-11-13-4-3-5-13/h8-10,13,17H,1-7,11-12H2. The molecule has 2 aliphatic carbocycles. The number of nitrogens with one attached hydrogen (secondary N) is 1. The molecular formula is C16H23N. The Morgan fingerprint density at radius 2 is 1.82 bits per heavy atom. The summed E-state index contributed by atoms with van der Waals surface area (Å²) in [6, 6.07) is 7.11. The van der Waals surface area contributed by atoms with Gasteiger partial charge in [0.1, 0.15) is 0 Å². The fraction of sp³-hybridized carbons (Fsp3) is 0.625. The second kappa shape index (κ2) is 5.22. The summed E-state index contributed by atoms with van der Waals surface area (Å²) >= 11 is 0. The molecule has 17 heavy (non-hydrogen) atoms. The summed E-state index contributed by atoms with van der Waals surface area (Å²) in [6.07, 6.45) is 9.69. The third-order valence-electron chi connectivity index (χ3n) is 4.40. The lowest BCUT2D eigenvalue weighted by Crippen LogP contribution is -2.26. The third-order valence-corrected chi connectivity index (χ3v) is 4.40. The van der Waals surface area contributed by atoms with E-state index < -0.39 is 0 Å². The van der Waals surface area contributed by atoms with E-state index >= 15 is 0 Å². The molecule has 1 aromatic rings. The van der Waals surface area contributed by atoms with Crippen molar-refractivity contribution in [1.29, 1.82) is 0 Å². The molecule has 0 heterocycles. The van der Waals surface area contributed by atoms with Gasteiger partial charge >= 0.3 is 0 Å². The van der Waals surface area contributed by atoms with Crippen molar-refractivity contribution in [2.24, 2.45) is 5.92 Å². The molecule has 0 radical (unpaired) electrons. The second-order valence-electron chi connectivity index (χ2n) is 5.74. The lowest BCUT2D eigenvalue weighted by atomic mass is 9.85. The van der Waals surface area contributed by atoms with Gasteiger partial charge in [-0.05, 0) is 67.7 Å². The molecule has 0 spiro atoms. The lowest BCUT2D eigenvalue weighted by molar-refractivity contribution is 0.301. The minimum atomic E-state index is 0.965. The van der Waals surface area contributed by atoms with E-state index in [4.69, 9.17) is 0 Å². The van der Waals surface area contributed by atoms with Crippen LogP contribution in [0.3, 0.4) is 0 Å². The Kier molecular flexibility index (Phi) is 3.46. The largest absolute Gasteiger partial charge is 0.312 e. The Morgan fingerprint density at radius 1 is 1.00 bits per heavy atom. The minimum Gasteiger partial charge on any atom is -0.312 e. The van der Waals surface area contributed by atoms with Crippen LogP contribution in [-0.2, 0) is 19.4 Å². The van der Waals surface area contributed by atoms with Gasteiger partial charge in [-0.15, -0.1) is 0 Å². The van der Waals surface area contributed by atoms with Crippen LogP contribution in [-0.4, -0.2) is 6.54 Å². The smallest absolute Gasteiger partial charge is 0.0205 e. The highest BCUT2D eigenvalue weighted by Gasteiger charge is 2.16. The Hall–Kier alpha value is -0.820. The highest BCUT2D eigenvalue weighted by atomic mass is 14.9. The van der Waals surface area contributed by atoms with Crippen molar-refractivity contribution >= 4 is 0 Å². The van der Waals surface area contributed by atoms with Gasteiger partial charge in [0.05, 0.1) is 0 Å². The molecule has 1 N–H and O–H groups in total. The van der Waals surface area contributed by atoms with Crippen LogP contribution in [0, 0.1) is 5.92 Å². The van der Waals surface area contributed by atoms with Gasteiger partial charge in [-0.2, -0.15) is 0 Å². The van der Waals surface area contributed by atoms with E-state index in [1.54, 1.807) is 11.1 Å². The molecule has 0 saturated heterocycles. The van der Waals surface area contributed by atoms with Gasteiger partial charge in [0.15, 0.2) is 0 Å². The lowest BCUT2D eigenvalue weighted by Gasteiger charge is -2.25. The maximum absolute atomic E-state index is 3.61. The zero-order chi connectivity index (χ0) is 11.5. The highest BCUT2D eigenvalue weighted by Crippen LogP contribution is 2.25. The van der Waals surface area contributed by atoms with Gasteiger partial charge in [-0.1, -0.05) is 24.6 Å². The van der Waals surface area contributed by atoms with E-state index in [-0.39, 0.29) is 0 Å². The van der Waals surface area contributed by atoms with Gasteiger partial charge in [-0.3, -0.25) is 0 Å². The van der Waals surface area contributed by atoms with Crippen molar-refractivity contribution < 1.29 is 0 Å². The molecule has 3 rings (SSSR count). The first-order valence-corrected chi connectivity index (χ1v) is 7.23. The zero-order valence-electron chi connectivity index (χ0n) is 10.7. The van der Waals surface area contributed by atoms with Gasteiger partial charge in [0, 0.05) is 6.54 Å². The molecule has 0 bridgehead atoms. The predicted molar refractivity (Wildman–Crippen MR) is 72.1 cm³/mol. The van der Waals surface area contributed by atoms with E-state index in [2.05, 4.69) is 23.5 Å². The van der Waals surface area contributed by atoms with Crippen molar-refractivity contribution in [3.63, 3.8) is 0 Å². The maximum atomic E-state index is 3.61.